The third kappa shape index (κ3) is 4.33. The van der Waals surface area contributed by atoms with Gasteiger partial charge in [-0.1, -0.05) is 0 Å². The quantitative estimate of drug-likeness (QED) is 0.837. The van der Waals surface area contributed by atoms with E-state index in [0.29, 0.717) is 45.6 Å². The van der Waals surface area contributed by atoms with E-state index < -0.39 is 31.0 Å². The maximum atomic E-state index is 12.4. The first-order chi connectivity index (χ1) is 9.88. The monoisotopic (exact) mass is 307 g/mol. The number of hydrogen-bond donors (Lipinski definition) is 1. The summed E-state index contributed by atoms with van der Waals surface area (Å²) >= 11 is 0. The largest absolute Gasteiger partial charge is 0.389 e. The summed E-state index contributed by atoms with van der Waals surface area (Å²) in [6, 6.07) is -0.580. The average Bonchev–Trinajstić information content (AvgIpc) is 2.93. The molecule has 0 aromatic rings. The van der Waals surface area contributed by atoms with Crippen LogP contribution < -0.4 is 5.32 Å². The van der Waals surface area contributed by atoms with Gasteiger partial charge in [0.05, 0.1) is 6.42 Å². The molecule has 2 heterocycles. The predicted octanol–water partition coefficient (Wildman–Crippen LogP) is 0.752. The lowest BCUT2D eigenvalue weighted by Gasteiger charge is -2.33. The molecular weight excluding hydrogens is 287 g/mol. The van der Waals surface area contributed by atoms with Crippen LogP contribution in [-0.2, 0) is 9.59 Å². The molecule has 2 rings (SSSR count). The van der Waals surface area contributed by atoms with Crippen LogP contribution in [0.15, 0.2) is 0 Å². The Balaban J connectivity index is 1.92. The first-order valence-electron chi connectivity index (χ1n) is 7.24. The van der Waals surface area contributed by atoms with Gasteiger partial charge >= 0.3 is 6.18 Å². The summed E-state index contributed by atoms with van der Waals surface area (Å²) in [5.74, 6) is -0.701. The Morgan fingerprint density at radius 2 is 1.81 bits per heavy atom. The van der Waals surface area contributed by atoms with Gasteiger partial charge in [-0.2, -0.15) is 13.2 Å². The van der Waals surface area contributed by atoms with E-state index in [2.05, 4.69) is 5.32 Å². The third-order valence-corrected chi connectivity index (χ3v) is 3.91. The maximum absolute atomic E-state index is 12.4. The molecule has 0 aromatic heterocycles. The summed E-state index contributed by atoms with van der Waals surface area (Å²) in [5, 5.41) is 3.13. The molecule has 5 nitrogen and oxygen atoms in total. The molecule has 2 aliphatic heterocycles. The number of amides is 2. The third-order valence-electron chi connectivity index (χ3n) is 3.91. The minimum atomic E-state index is -4.34. The first-order valence-corrected chi connectivity index (χ1v) is 7.24. The van der Waals surface area contributed by atoms with Crippen molar-refractivity contribution in [3.8, 4) is 0 Å². The fraction of sp³-hybridized carbons (Fsp3) is 0.846. The lowest BCUT2D eigenvalue weighted by atomic mass is 10.1. The molecule has 21 heavy (non-hydrogen) atoms. The molecule has 120 valence electrons. The van der Waals surface area contributed by atoms with Crippen LogP contribution in [0.4, 0.5) is 13.2 Å². The van der Waals surface area contributed by atoms with Crippen molar-refractivity contribution in [1.29, 1.82) is 0 Å². The number of halogens is 3. The Kier molecular flexibility index (Phi) is 5.08. The molecule has 2 aliphatic rings. The Hall–Kier alpha value is -1.31. The molecule has 0 aliphatic carbocycles. The summed E-state index contributed by atoms with van der Waals surface area (Å²) < 4.78 is 36.6. The lowest BCUT2D eigenvalue weighted by Crippen LogP contribution is -2.53. The summed E-state index contributed by atoms with van der Waals surface area (Å²) in [6.45, 7) is 2.96. The SMILES string of the molecule is O=C(C1CCCN1C(=O)CCC(F)(F)F)N1CCNCC1. The zero-order valence-corrected chi connectivity index (χ0v) is 11.8. The van der Waals surface area contributed by atoms with Crippen LogP contribution in [0, 0.1) is 0 Å². The van der Waals surface area contributed by atoms with Crippen molar-refractivity contribution in [2.45, 2.75) is 37.9 Å². The normalized spacial score (nSPS) is 23.5. The number of carbonyl (C=O) groups excluding carboxylic acids is 2. The van der Waals surface area contributed by atoms with Crippen LogP contribution >= 0.6 is 0 Å². The average molecular weight is 307 g/mol. The highest BCUT2D eigenvalue weighted by Crippen LogP contribution is 2.25. The molecule has 2 saturated heterocycles. The maximum Gasteiger partial charge on any atom is 0.389 e. The van der Waals surface area contributed by atoms with Crippen molar-refractivity contribution in [2.75, 3.05) is 32.7 Å². The Labute approximate surface area is 121 Å². The molecule has 0 saturated carbocycles. The molecule has 0 spiro atoms. The second-order valence-corrected chi connectivity index (χ2v) is 5.44. The van der Waals surface area contributed by atoms with Gasteiger partial charge in [-0.05, 0) is 12.8 Å². The van der Waals surface area contributed by atoms with Crippen molar-refractivity contribution in [1.82, 2.24) is 15.1 Å². The summed E-state index contributed by atoms with van der Waals surface area (Å²) in [6.07, 6.45) is -4.83. The van der Waals surface area contributed by atoms with Gasteiger partial charge in [-0.25, -0.2) is 0 Å². The second kappa shape index (κ2) is 6.64. The minimum Gasteiger partial charge on any atom is -0.338 e. The number of rotatable bonds is 3. The van der Waals surface area contributed by atoms with Gasteiger partial charge in [0.15, 0.2) is 0 Å². The minimum absolute atomic E-state index is 0.130. The standard InChI is InChI=1S/C13H20F3N3O2/c14-13(15,16)4-3-11(20)19-7-1-2-10(19)12(21)18-8-5-17-6-9-18/h10,17H,1-9H2. The highest BCUT2D eigenvalue weighted by atomic mass is 19.4. The highest BCUT2D eigenvalue weighted by molar-refractivity contribution is 5.88. The van der Waals surface area contributed by atoms with Gasteiger partial charge < -0.3 is 15.1 Å². The molecule has 2 fully saturated rings. The Bertz CT molecular complexity index is 395. The van der Waals surface area contributed by atoms with Crippen LogP contribution in [0.1, 0.15) is 25.7 Å². The highest BCUT2D eigenvalue weighted by Gasteiger charge is 2.38. The Morgan fingerprint density at radius 3 is 2.43 bits per heavy atom. The van der Waals surface area contributed by atoms with Crippen molar-refractivity contribution in [2.24, 2.45) is 0 Å². The molecule has 2 amide bonds. The zero-order chi connectivity index (χ0) is 15.5. The van der Waals surface area contributed by atoms with Crippen LogP contribution in [-0.4, -0.2) is 66.6 Å². The van der Waals surface area contributed by atoms with Crippen molar-refractivity contribution in [3.63, 3.8) is 0 Å². The van der Waals surface area contributed by atoms with E-state index >= 15 is 0 Å². The van der Waals surface area contributed by atoms with E-state index in [-0.39, 0.29) is 5.91 Å². The number of piperazine rings is 1. The number of hydrogen-bond acceptors (Lipinski definition) is 3. The fourth-order valence-electron chi connectivity index (χ4n) is 2.81. The fourth-order valence-corrected chi connectivity index (χ4v) is 2.81. The number of likely N-dealkylation sites (tertiary alicyclic amines) is 1. The van der Waals surface area contributed by atoms with Gasteiger partial charge in [0, 0.05) is 39.1 Å². The van der Waals surface area contributed by atoms with E-state index in [9.17, 15) is 22.8 Å². The second-order valence-electron chi connectivity index (χ2n) is 5.44. The number of carbonyl (C=O) groups is 2. The summed E-state index contributed by atoms with van der Waals surface area (Å²) in [7, 11) is 0. The zero-order valence-electron chi connectivity index (χ0n) is 11.8. The Morgan fingerprint density at radius 1 is 1.14 bits per heavy atom. The first kappa shape index (κ1) is 16.1. The number of nitrogens with zero attached hydrogens (tertiary/aromatic N) is 2. The van der Waals surface area contributed by atoms with Gasteiger partial charge in [-0.3, -0.25) is 9.59 Å². The number of alkyl halides is 3. The molecule has 0 aromatic carbocycles. The molecule has 0 radical (unpaired) electrons. The summed E-state index contributed by atoms with van der Waals surface area (Å²) in [4.78, 5) is 27.4. The van der Waals surface area contributed by atoms with Gasteiger partial charge in [-0.15, -0.1) is 0 Å². The van der Waals surface area contributed by atoms with Gasteiger partial charge in [0.1, 0.15) is 6.04 Å². The van der Waals surface area contributed by atoms with Crippen molar-refractivity contribution < 1.29 is 22.8 Å². The van der Waals surface area contributed by atoms with Crippen molar-refractivity contribution >= 4 is 11.8 Å². The van der Waals surface area contributed by atoms with Gasteiger partial charge in [0.25, 0.3) is 0 Å². The van der Waals surface area contributed by atoms with E-state index in [1.807, 2.05) is 0 Å². The summed E-state index contributed by atoms with van der Waals surface area (Å²) in [5.41, 5.74) is 0. The van der Waals surface area contributed by atoms with Crippen LogP contribution in [0.5, 0.6) is 0 Å². The lowest BCUT2D eigenvalue weighted by molar-refractivity contribution is -0.152. The van der Waals surface area contributed by atoms with Gasteiger partial charge in [0.2, 0.25) is 11.8 Å². The molecule has 8 heteroatoms. The van der Waals surface area contributed by atoms with E-state index in [1.54, 1.807) is 4.90 Å². The molecule has 0 bridgehead atoms. The van der Waals surface area contributed by atoms with Crippen LogP contribution in [0.3, 0.4) is 0 Å². The van der Waals surface area contributed by atoms with E-state index in [1.165, 1.54) is 4.90 Å². The predicted molar refractivity (Wildman–Crippen MR) is 69.5 cm³/mol. The van der Waals surface area contributed by atoms with E-state index in [4.69, 9.17) is 0 Å². The van der Waals surface area contributed by atoms with Crippen LogP contribution in [0.25, 0.3) is 0 Å². The molecule has 1 unspecified atom stereocenters. The smallest absolute Gasteiger partial charge is 0.338 e. The topological polar surface area (TPSA) is 52.7 Å². The number of nitrogens with one attached hydrogen (secondary N) is 1. The van der Waals surface area contributed by atoms with Crippen molar-refractivity contribution in [3.05, 3.63) is 0 Å². The molecule has 1 atom stereocenters. The van der Waals surface area contributed by atoms with Crippen LogP contribution in [0.2, 0.25) is 0 Å². The molecule has 1 N–H and O–H groups in total. The van der Waals surface area contributed by atoms with E-state index in [0.717, 1.165) is 0 Å². The molecular formula is C13H20F3N3O2.